The second-order valence-electron chi connectivity index (χ2n) is 8.11. The first kappa shape index (κ1) is 22.0. The van der Waals surface area contributed by atoms with E-state index < -0.39 is 23.3 Å². The molecular weight excluding hydrogens is 419 g/mol. The Morgan fingerprint density at radius 3 is 2.31 bits per heavy atom. The van der Waals surface area contributed by atoms with E-state index in [2.05, 4.69) is 15.1 Å². The molecule has 4 rings (SSSR count). The highest BCUT2D eigenvalue weighted by atomic mass is 19.4. The van der Waals surface area contributed by atoms with Gasteiger partial charge in [0.15, 0.2) is 5.69 Å². The van der Waals surface area contributed by atoms with Gasteiger partial charge in [0.25, 0.3) is 11.9 Å². The monoisotopic (exact) mass is 443 g/mol. The molecule has 1 saturated carbocycles. The zero-order chi connectivity index (χ0) is 22.7. The lowest BCUT2D eigenvalue weighted by atomic mass is 9.74. The lowest BCUT2D eigenvalue weighted by Crippen LogP contribution is -2.23. The van der Waals surface area contributed by atoms with Gasteiger partial charge in [-0.3, -0.25) is 4.79 Å². The summed E-state index contributed by atoms with van der Waals surface area (Å²) in [6.45, 7) is 0. The molecule has 1 aromatic carbocycles. The maximum Gasteiger partial charge on any atom is 0.436 e. The molecule has 32 heavy (non-hydrogen) atoms. The molecule has 1 amide bonds. The Morgan fingerprint density at radius 2 is 1.72 bits per heavy atom. The average Bonchev–Trinajstić information content (AvgIpc) is 3.19. The van der Waals surface area contributed by atoms with E-state index in [-0.39, 0.29) is 29.9 Å². The molecule has 1 unspecified atom stereocenters. The molecule has 0 bridgehead atoms. The van der Waals surface area contributed by atoms with Gasteiger partial charge in [-0.05, 0) is 42.7 Å². The number of halogens is 3. The summed E-state index contributed by atoms with van der Waals surface area (Å²) in [6.07, 6.45) is 3.43. The molecule has 1 fully saturated rings. The zero-order valence-electron chi connectivity index (χ0n) is 17.4. The largest absolute Gasteiger partial charge is 0.436 e. The smallest absolute Gasteiger partial charge is 0.365 e. The molecule has 2 aromatic heterocycles. The number of hydrogen-bond donors (Lipinski definition) is 1. The van der Waals surface area contributed by atoms with Crippen molar-refractivity contribution in [1.82, 2.24) is 19.7 Å². The van der Waals surface area contributed by atoms with E-state index in [4.69, 9.17) is 5.73 Å². The van der Waals surface area contributed by atoms with Gasteiger partial charge in [-0.25, -0.2) is 14.6 Å². The van der Waals surface area contributed by atoms with Crippen LogP contribution in [-0.2, 0) is 12.6 Å². The van der Waals surface area contributed by atoms with Gasteiger partial charge in [0.1, 0.15) is 0 Å². The van der Waals surface area contributed by atoms with E-state index in [0.717, 1.165) is 42.3 Å². The van der Waals surface area contributed by atoms with Gasteiger partial charge in [0.2, 0.25) is 0 Å². The minimum Gasteiger partial charge on any atom is -0.365 e. The van der Waals surface area contributed by atoms with Crippen LogP contribution in [0.1, 0.15) is 65.3 Å². The second kappa shape index (κ2) is 9.10. The predicted molar refractivity (Wildman–Crippen MR) is 112 cm³/mol. The fourth-order valence-corrected chi connectivity index (χ4v) is 4.67. The summed E-state index contributed by atoms with van der Waals surface area (Å²) < 4.78 is 42.5. The van der Waals surface area contributed by atoms with Gasteiger partial charge >= 0.3 is 6.18 Å². The lowest BCUT2D eigenvalue weighted by Gasteiger charge is -2.31. The van der Waals surface area contributed by atoms with Gasteiger partial charge < -0.3 is 5.73 Å². The fraction of sp³-hybridized carbons (Fsp3) is 0.391. The highest BCUT2D eigenvalue weighted by molar-refractivity contribution is 5.95. The minimum atomic E-state index is -4.84. The number of primary amides is 1. The molecule has 0 spiro atoms. The Kier molecular flexibility index (Phi) is 6.25. The van der Waals surface area contributed by atoms with Crippen LogP contribution in [0.25, 0.3) is 5.95 Å². The van der Waals surface area contributed by atoms with Crippen LogP contribution in [-0.4, -0.2) is 25.7 Å². The number of alkyl halides is 3. The van der Waals surface area contributed by atoms with E-state index in [0.29, 0.717) is 0 Å². The SMILES string of the molecule is NC(=O)c1c(C(F)(F)F)nn(-c2ncccn2)c1CC(c1ccccc1)C1CCCCC1. The van der Waals surface area contributed by atoms with Gasteiger partial charge in [-0.2, -0.15) is 18.3 Å². The maximum absolute atomic E-state index is 13.8. The quantitative estimate of drug-likeness (QED) is 0.599. The summed E-state index contributed by atoms with van der Waals surface area (Å²) in [4.78, 5) is 20.4. The third-order valence-electron chi connectivity index (χ3n) is 6.10. The Morgan fingerprint density at radius 1 is 1.06 bits per heavy atom. The van der Waals surface area contributed by atoms with Gasteiger partial charge in [0, 0.05) is 12.4 Å². The van der Waals surface area contributed by atoms with Crippen molar-refractivity contribution in [3.63, 3.8) is 0 Å². The highest BCUT2D eigenvalue weighted by Gasteiger charge is 2.42. The molecule has 9 heteroatoms. The van der Waals surface area contributed by atoms with E-state index in [1.165, 1.54) is 12.4 Å². The molecule has 0 radical (unpaired) electrons. The topological polar surface area (TPSA) is 86.7 Å². The lowest BCUT2D eigenvalue weighted by molar-refractivity contribution is -0.141. The summed E-state index contributed by atoms with van der Waals surface area (Å²) >= 11 is 0. The Hall–Kier alpha value is -3.23. The third kappa shape index (κ3) is 4.51. The maximum atomic E-state index is 13.8. The van der Waals surface area contributed by atoms with E-state index >= 15 is 0 Å². The standard InChI is InChI=1S/C23H24F3N5O/c24-23(25,26)20-19(21(27)32)18(31(30-20)22-28-12-7-13-29-22)14-17(15-8-3-1-4-9-15)16-10-5-2-6-11-16/h1,3-4,7-9,12-13,16-17H,2,5-6,10-11,14H2,(H2,27,32). The third-order valence-corrected chi connectivity index (χ3v) is 6.10. The molecule has 2 heterocycles. The Balaban J connectivity index is 1.88. The summed E-state index contributed by atoms with van der Waals surface area (Å²) in [5.41, 5.74) is 4.66. The van der Waals surface area contributed by atoms with Crippen molar-refractivity contribution >= 4 is 5.91 Å². The minimum absolute atomic E-state index is 0.0315. The van der Waals surface area contributed by atoms with E-state index in [1.54, 1.807) is 6.07 Å². The fourth-order valence-electron chi connectivity index (χ4n) is 4.67. The molecule has 6 nitrogen and oxygen atoms in total. The molecular formula is C23H24F3N5O. The van der Waals surface area contributed by atoms with Crippen molar-refractivity contribution in [2.75, 3.05) is 0 Å². The molecule has 168 valence electrons. The van der Waals surface area contributed by atoms with Crippen molar-refractivity contribution in [2.24, 2.45) is 11.7 Å². The number of carbonyl (C=O) groups is 1. The number of amides is 1. The first-order valence-corrected chi connectivity index (χ1v) is 10.7. The van der Waals surface area contributed by atoms with E-state index in [9.17, 15) is 18.0 Å². The van der Waals surface area contributed by atoms with Crippen molar-refractivity contribution < 1.29 is 18.0 Å². The Bertz CT molecular complexity index is 1060. The second-order valence-corrected chi connectivity index (χ2v) is 8.11. The predicted octanol–water partition coefficient (Wildman–Crippen LogP) is 4.69. The number of nitrogens with zero attached hydrogens (tertiary/aromatic N) is 4. The first-order valence-electron chi connectivity index (χ1n) is 10.7. The molecule has 0 saturated heterocycles. The molecule has 2 N–H and O–H groups in total. The summed E-state index contributed by atoms with van der Waals surface area (Å²) in [5.74, 6) is -1.00. The van der Waals surface area contributed by atoms with Crippen molar-refractivity contribution in [2.45, 2.75) is 50.6 Å². The van der Waals surface area contributed by atoms with Crippen molar-refractivity contribution in [1.29, 1.82) is 0 Å². The molecule has 1 atom stereocenters. The molecule has 1 aliphatic rings. The number of rotatable bonds is 6. The van der Waals surface area contributed by atoms with Crippen molar-refractivity contribution in [3.05, 3.63) is 71.3 Å². The van der Waals surface area contributed by atoms with Crippen LogP contribution < -0.4 is 5.73 Å². The number of carbonyl (C=O) groups excluding carboxylic acids is 1. The van der Waals surface area contributed by atoms with Crippen LogP contribution in [0, 0.1) is 5.92 Å². The number of benzene rings is 1. The van der Waals surface area contributed by atoms with Crippen LogP contribution in [0.15, 0.2) is 48.8 Å². The van der Waals surface area contributed by atoms with Gasteiger partial charge in [0.05, 0.1) is 11.3 Å². The average molecular weight is 443 g/mol. The normalized spacial score (nSPS) is 16.1. The summed E-state index contributed by atoms with van der Waals surface area (Å²) in [5, 5.41) is 3.73. The highest BCUT2D eigenvalue weighted by Crippen LogP contribution is 2.40. The number of nitrogens with two attached hydrogens (primary N) is 1. The van der Waals surface area contributed by atoms with Crippen LogP contribution in [0.4, 0.5) is 13.2 Å². The van der Waals surface area contributed by atoms with Crippen LogP contribution in [0.3, 0.4) is 0 Å². The van der Waals surface area contributed by atoms with E-state index in [1.807, 2.05) is 30.3 Å². The summed E-state index contributed by atoms with van der Waals surface area (Å²) in [7, 11) is 0. The first-order chi connectivity index (χ1) is 15.4. The Labute approximate surface area is 183 Å². The van der Waals surface area contributed by atoms with Crippen LogP contribution in [0.5, 0.6) is 0 Å². The van der Waals surface area contributed by atoms with Crippen LogP contribution >= 0.6 is 0 Å². The number of aromatic nitrogens is 4. The van der Waals surface area contributed by atoms with Gasteiger partial charge in [-0.1, -0.05) is 49.6 Å². The molecule has 1 aliphatic carbocycles. The molecule has 3 aromatic rings. The van der Waals surface area contributed by atoms with Gasteiger partial charge in [-0.15, -0.1) is 0 Å². The summed E-state index contributed by atoms with van der Waals surface area (Å²) in [6, 6.07) is 11.3. The molecule has 0 aliphatic heterocycles. The van der Waals surface area contributed by atoms with Crippen LogP contribution in [0.2, 0.25) is 0 Å². The zero-order valence-corrected chi connectivity index (χ0v) is 17.4. The number of hydrogen-bond acceptors (Lipinski definition) is 4. The van der Waals surface area contributed by atoms with Crippen molar-refractivity contribution in [3.8, 4) is 5.95 Å².